The first kappa shape index (κ1) is 15.3. The van der Waals surface area contributed by atoms with Gasteiger partial charge in [-0.3, -0.25) is 0 Å². The van der Waals surface area contributed by atoms with E-state index in [2.05, 4.69) is 9.95 Å². The third-order valence-electron chi connectivity index (χ3n) is 4.55. The van der Waals surface area contributed by atoms with E-state index in [-0.39, 0.29) is 5.82 Å². The van der Waals surface area contributed by atoms with Crippen LogP contribution in [0.25, 0.3) is 11.3 Å². The van der Waals surface area contributed by atoms with Gasteiger partial charge in [-0.15, -0.1) is 11.3 Å². The van der Waals surface area contributed by atoms with Crippen molar-refractivity contribution in [3.63, 3.8) is 0 Å². The SMILES string of the molecule is Fc1ccc(-c2csc(=Nc3ccccc3)n2C2CCCC2)cc1. The van der Waals surface area contributed by atoms with Gasteiger partial charge in [-0.05, 0) is 54.8 Å². The van der Waals surface area contributed by atoms with Crippen LogP contribution >= 0.6 is 11.3 Å². The first-order valence-corrected chi connectivity index (χ1v) is 9.25. The van der Waals surface area contributed by atoms with Gasteiger partial charge < -0.3 is 4.57 Å². The van der Waals surface area contributed by atoms with E-state index in [1.54, 1.807) is 11.3 Å². The quantitative estimate of drug-likeness (QED) is 0.582. The summed E-state index contributed by atoms with van der Waals surface area (Å²) in [5.41, 5.74) is 3.16. The topological polar surface area (TPSA) is 17.3 Å². The van der Waals surface area contributed by atoms with Gasteiger partial charge in [-0.25, -0.2) is 9.38 Å². The zero-order chi connectivity index (χ0) is 16.4. The van der Waals surface area contributed by atoms with Crippen LogP contribution in [0, 0.1) is 5.82 Å². The molecule has 0 N–H and O–H groups in total. The highest BCUT2D eigenvalue weighted by Crippen LogP contribution is 2.33. The summed E-state index contributed by atoms with van der Waals surface area (Å²) in [5.74, 6) is -0.199. The monoisotopic (exact) mass is 338 g/mol. The molecule has 122 valence electrons. The van der Waals surface area contributed by atoms with E-state index in [1.165, 1.54) is 37.8 Å². The van der Waals surface area contributed by atoms with E-state index < -0.39 is 0 Å². The molecule has 1 heterocycles. The molecule has 24 heavy (non-hydrogen) atoms. The number of aromatic nitrogens is 1. The number of thiazole rings is 1. The fraction of sp³-hybridized carbons (Fsp3) is 0.250. The number of nitrogens with zero attached hydrogens (tertiary/aromatic N) is 2. The Balaban J connectivity index is 1.86. The molecule has 0 amide bonds. The van der Waals surface area contributed by atoms with Gasteiger partial charge in [0.05, 0.1) is 11.4 Å². The molecule has 0 saturated heterocycles. The molecule has 4 rings (SSSR count). The van der Waals surface area contributed by atoms with Gasteiger partial charge in [0.1, 0.15) is 5.82 Å². The van der Waals surface area contributed by atoms with Crippen LogP contribution in [0.4, 0.5) is 10.1 Å². The maximum absolute atomic E-state index is 13.3. The van der Waals surface area contributed by atoms with Crippen LogP contribution < -0.4 is 4.80 Å². The zero-order valence-electron chi connectivity index (χ0n) is 13.4. The molecule has 4 heteroatoms. The molecule has 2 nitrogen and oxygen atoms in total. The summed E-state index contributed by atoms with van der Waals surface area (Å²) in [5, 5.41) is 2.15. The second-order valence-electron chi connectivity index (χ2n) is 6.17. The summed E-state index contributed by atoms with van der Waals surface area (Å²) >= 11 is 1.66. The first-order chi connectivity index (χ1) is 11.8. The number of benzene rings is 2. The summed E-state index contributed by atoms with van der Waals surface area (Å²) in [7, 11) is 0. The lowest BCUT2D eigenvalue weighted by atomic mass is 10.1. The Morgan fingerprint density at radius 2 is 1.67 bits per heavy atom. The van der Waals surface area contributed by atoms with Crippen molar-refractivity contribution in [1.82, 2.24) is 4.57 Å². The van der Waals surface area contributed by atoms with Crippen LogP contribution in [0.5, 0.6) is 0 Å². The second-order valence-corrected chi connectivity index (χ2v) is 7.00. The van der Waals surface area contributed by atoms with Crippen LogP contribution in [0.15, 0.2) is 65.0 Å². The van der Waals surface area contributed by atoms with Gasteiger partial charge >= 0.3 is 0 Å². The molecule has 1 fully saturated rings. The van der Waals surface area contributed by atoms with Crippen LogP contribution in [0.1, 0.15) is 31.7 Å². The zero-order valence-corrected chi connectivity index (χ0v) is 14.2. The Morgan fingerprint density at radius 3 is 2.38 bits per heavy atom. The Bertz CT molecular complexity index is 872. The van der Waals surface area contributed by atoms with E-state index >= 15 is 0 Å². The van der Waals surface area contributed by atoms with Crippen LogP contribution in [0.2, 0.25) is 0 Å². The Labute approximate surface area is 144 Å². The molecular weight excluding hydrogens is 319 g/mol. The minimum atomic E-state index is -0.199. The molecule has 0 bridgehead atoms. The molecule has 0 radical (unpaired) electrons. The predicted octanol–water partition coefficient (Wildman–Crippen LogP) is 5.70. The maximum Gasteiger partial charge on any atom is 0.190 e. The van der Waals surface area contributed by atoms with E-state index in [1.807, 2.05) is 42.5 Å². The molecule has 1 aliphatic carbocycles. The highest BCUT2D eigenvalue weighted by atomic mass is 32.1. The molecule has 0 atom stereocenters. The molecular formula is C20H19FN2S. The summed E-state index contributed by atoms with van der Waals surface area (Å²) < 4.78 is 15.6. The van der Waals surface area contributed by atoms with E-state index in [0.29, 0.717) is 6.04 Å². The molecule has 0 spiro atoms. The minimum absolute atomic E-state index is 0.199. The highest BCUT2D eigenvalue weighted by Gasteiger charge is 2.21. The average Bonchev–Trinajstić information content (AvgIpc) is 3.26. The summed E-state index contributed by atoms with van der Waals surface area (Å²) in [6.45, 7) is 0. The van der Waals surface area contributed by atoms with Gasteiger partial charge in [0.2, 0.25) is 0 Å². The van der Waals surface area contributed by atoms with Crippen molar-refractivity contribution in [2.45, 2.75) is 31.7 Å². The highest BCUT2D eigenvalue weighted by molar-refractivity contribution is 7.07. The fourth-order valence-corrected chi connectivity index (χ4v) is 4.35. The summed E-state index contributed by atoms with van der Waals surface area (Å²) in [6.07, 6.45) is 4.90. The van der Waals surface area contributed by atoms with E-state index in [0.717, 1.165) is 21.7 Å². The average molecular weight is 338 g/mol. The van der Waals surface area contributed by atoms with Crippen molar-refractivity contribution in [2.75, 3.05) is 0 Å². The molecule has 1 aliphatic rings. The minimum Gasteiger partial charge on any atom is -0.313 e. The molecule has 1 saturated carbocycles. The predicted molar refractivity (Wildman–Crippen MR) is 96.9 cm³/mol. The van der Waals surface area contributed by atoms with Crippen molar-refractivity contribution >= 4 is 17.0 Å². The van der Waals surface area contributed by atoms with Crippen molar-refractivity contribution in [3.05, 3.63) is 70.6 Å². The normalized spacial score (nSPS) is 16.0. The Morgan fingerprint density at radius 1 is 0.958 bits per heavy atom. The first-order valence-electron chi connectivity index (χ1n) is 8.37. The molecule has 3 aromatic rings. The third-order valence-corrected chi connectivity index (χ3v) is 5.39. The van der Waals surface area contributed by atoms with Gasteiger partial charge in [0.15, 0.2) is 4.80 Å². The summed E-state index contributed by atoms with van der Waals surface area (Å²) in [6, 6.07) is 17.3. The van der Waals surface area contributed by atoms with E-state index in [9.17, 15) is 4.39 Å². The summed E-state index contributed by atoms with van der Waals surface area (Å²) in [4.78, 5) is 5.88. The van der Waals surface area contributed by atoms with Gasteiger partial charge in [-0.2, -0.15) is 0 Å². The standard InChI is InChI=1S/C20H19FN2S/c21-16-12-10-15(11-13-16)19-14-24-20(22-17-6-2-1-3-7-17)23(19)18-8-4-5-9-18/h1-3,6-7,10-14,18H,4-5,8-9H2. The number of halogens is 1. The van der Waals surface area contributed by atoms with Crippen LogP contribution in [-0.2, 0) is 0 Å². The lowest BCUT2D eigenvalue weighted by molar-refractivity contribution is 0.512. The maximum atomic E-state index is 13.3. The van der Waals surface area contributed by atoms with Crippen molar-refractivity contribution in [2.24, 2.45) is 4.99 Å². The molecule has 0 aliphatic heterocycles. The number of hydrogen-bond acceptors (Lipinski definition) is 2. The molecule has 1 aromatic heterocycles. The van der Waals surface area contributed by atoms with Crippen molar-refractivity contribution in [3.8, 4) is 11.3 Å². The van der Waals surface area contributed by atoms with Crippen LogP contribution in [0.3, 0.4) is 0 Å². The largest absolute Gasteiger partial charge is 0.313 e. The Hall–Kier alpha value is -2.20. The lowest BCUT2D eigenvalue weighted by Crippen LogP contribution is -2.19. The Kier molecular flexibility index (Phi) is 4.30. The van der Waals surface area contributed by atoms with Gasteiger partial charge in [0.25, 0.3) is 0 Å². The van der Waals surface area contributed by atoms with Gasteiger partial charge in [0, 0.05) is 11.4 Å². The lowest BCUT2D eigenvalue weighted by Gasteiger charge is -2.16. The number of hydrogen-bond donors (Lipinski definition) is 0. The fourth-order valence-electron chi connectivity index (χ4n) is 3.36. The van der Waals surface area contributed by atoms with Gasteiger partial charge in [-0.1, -0.05) is 31.0 Å². The number of para-hydroxylation sites is 1. The molecule has 2 aromatic carbocycles. The number of rotatable bonds is 3. The smallest absolute Gasteiger partial charge is 0.190 e. The van der Waals surface area contributed by atoms with E-state index in [4.69, 9.17) is 4.99 Å². The second kappa shape index (κ2) is 6.73. The van der Waals surface area contributed by atoms with Crippen LogP contribution in [-0.4, -0.2) is 4.57 Å². The van der Waals surface area contributed by atoms with Crippen molar-refractivity contribution < 1.29 is 4.39 Å². The third kappa shape index (κ3) is 3.06. The molecule has 0 unspecified atom stereocenters. The van der Waals surface area contributed by atoms with Crippen molar-refractivity contribution in [1.29, 1.82) is 0 Å².